The van der Waals surface area contributed by atoms with E-state index in [1.807, 2.05) is 24.0 Å². The molecule has 1 amide bonds. The van der Waals surface area contributed by atoms with Gasteiger partial charge in [-0.25, -0.2) is 13.6 Å². The predicted molar refractivity (Wildman–Crippen MR) is 86.5 cm³/mol. The molecule has 8 heteroatoms. The van der Waals surface area contributed by atoms with E-state index in [0.29, 0.717) is 43.3 Å². The van der Waals surface area contributed by atoms with Crippen molar-refractivity contribution in [3.8, 4) is 0 Å². The first kappa shape index (κ1) is 17.2. The van der Waals surface area contributed by atoms with Gasteiger partial charge in [-0.2, -0.15) is 0 Å². The third-order valence-electron chi connectivity index (χ3n) is 3.77. The van der Waals surface area contributed by atoms with Crippen LogP contribution in [-0.2, 0) is 10.0 Å². The number of carbonyl (C=O) groups excluding carboxylic acids is 1. The topological polar surface area (TPSA) is 83.7 Å². The zero-order chi connectivity index (χ0) is 16.3. The van der Waals surface area contributed by atoms with Crippen molar-refractivity contribution in [2.75, 3.05) is 38.5 Å². The number of piperazine rings is 1. The molecule has 0 radical (unpaired) electrons. The first-order chi connectivity index (χ1) is 10.3. The molecule has 1 aliphatic heterocycles. The van der Waals surface area contributed by atoms with Crippen LogP contribution >= 0.6 is 11.6 Å². The van der Waals surface area contributed by atoms with Crippen LogP contribution in [0.1, 0.15) is 15.9 Å². The third-order valence-corrected chi connectivity index (χ3v) is 5.03. The lowest BCUT2D eigenvalue weighted by Crippen LogP contribution is -2.49. The van der Waals surface area contributed by atoms with Crippen molar-refractivity contribution in [2.45, 2.75) is 6.92 Å². The molecule has 0 unspecified atom stereocenters. The smallest absolute Gasteiger partial charge is 0.255 e. The number of primary sulfonamides is 1. The van der Waals surface area contributed by atoms with Gasteiger partial charge in [0.1, 0.15) is 0 Å². The zero-order valence-electron chi connectivity index (χ0n) is 12.5. The molecule has 0 spiro atoms. The molecule has 22 heavy (non-hydrogen) atoms. The Morgan fingerprint density at radius 1 is 1.27 bits per heavy atom. The van der Waals surface area contributed by atoms with Gasteiger partial charge in [0, 0.05) is 32.7 Å². The Morgan fingerprint density at radius 3 is 2.50 bits per heavy atom. The number of nitrogens with two attached hydrogens (primary N) is 1. The third kappa shape index (κ3) is 4.42. The molecule has 0 saturated carbocycles. The fourth-order valence-electron chi connectivity index (χ4n) is 2.41. The van der Waals surface area contributed by atoms with Crippen LogP contribution in [0.15, 0.2) is 18.2 Å². The molecular formula is C14H20ClN3O3S. The van der Waals surface area contributed by atoms with Crippen LogP contribution in [0.5, 0.6) is 0 Å². The Kier molecular flexibility index (Phi) is 5.44. The van der Waals surface area contributed by atoms with Gasteiger partial charge in [0.15, 0.2) is 0 Å². The maximum absolute atomic E-state index is 12.5. The number of nitrogens with zero attached hydrogens (tertiary/aromatic N) is 2. The summed E-state index contributed by atoms with van der Waals surface area (Å²) in [5, 5.41) is 5.49. The van der Waals surface area contributed by atoms with E-state index in [1.165, 1.54) is 0 Å². The first-order valence-electron chi connectivity index (χ1n) is 7.05. The average Bonchev–Trinajstić information content (AvgIpc) is 2.47. The van der Waals surface area contributed by atoms with E-state index in [0.717, 1.165) is 5.56 Å². The van der Waals surface area contributed by atoms with Crippen molar-refractivity contribution in [3.63, 3.8) is 0 Å². The van der Waals surface area contributed by atoms with Crippen molar-refractivity contribution in [3.05, 3.63) is 34.3 Å². The van der Waals surface area contributed by atoms with Crippen LogP contribution in [-0.4, -0.2) is 62.6 Å². The van der Waals surface area contributed by atoms with Gasteiger partial charge in [0.25, 0.3) is 5.91 Å². The minimum Gasteiger partial charge on any atom is -0.336 e. The minimum atomic E-state index is -3.45. The van der Waals surface area contributed by atoms with Gasteiger partial charge in [-0.1, -0.05) is 23.7 Å². The van der Waals surface area contributed by atoms with Crippen molar-refractivity contribution in [1.29, 1.82) is 0 Å². The number of halogens is 1. The SMILES string of the molecule is Cc1cccc(C(=O)N2CCN(CCS(N)(=O)=O)CC2)c1Cl. The fraction of sp³-hybridized carbons (Fsp3) is 0.500. The van der Waals surface area contributed by atoms with E-state index in [9.17, 15) is 13.2 Å². The molecule has 0 atom stereocenters. The van der Waals surface area contributed by atoms with Gasteiger partial charge < -0.3 is 4.90 Å². The maximum atomic E-state index is 12.5. The average molecular weight is 346 g/mol. The van der Waals surface area contributed by atoms with E-state index in [2.05, 4.69) is 0 Å². The lowest BCUT2D eigenvalue weighted by atomic mass is 10.1. The van der Waals surface area contributed by atoms with E-state index < -0.39 is 10.0 Å². The summed E-state index contributed by atoms with van der Waals surface area (Å²) < 4.78 is 21.9. The first-order valence-corrected chi connectivity index (χ1v) is 9.14. The molecule has 6 nitrogen and oxygen atoms in total. The van der Waals surface area contributed by atoms with E-state index in [1.54, 1.807) is 11.0 Å². The van der Waals surface area contributed by atoms with Crippen molar-refractivity contribution >= 4 is 27.5 Å². The van der Waals surface area contributed by atoms with Crippen LogP contribution in [0.25, 0.3) is 0 Å². The summed E-state index contributed by atoms with van der Waals surface area (Å²) in [4.78, 5) is 16.2. The highest BCUT2D eigenvalue weighted by Gasteiger charge is 2.24. The Labute approximate surface area is 135 Å². The number of benzene rings is 1. The number of amides is 1. The lowest BCUT2D eigenvalue weighted by molar-refractivity contribution is 0.0644. The fourth-order valence-corrected chi connectivity index (χ4v) is 3.13. The molecule has 2 rings (SSSR count). The van der Waals surface area contributed by atoms with Crippen LogP contribution < -0.4 is 5.14 Å². The number of carbonyl (C=O) groups is 1. The standard InChI is InChI=1S/C14H20ClN3O3S/c1-11-3-2-4-12(13(11)15)14(19)18-7-5-17(6-8-18)9-10-22(16,20)21/h2-4H,5-10H2,1H3,(H2,16,20,21). The van der Waals surface area contributed by atoms with Crippen LogP contribution in [0, 0.1) is 6.92 Å². The van der Waals surface area contributed by atoms with Crippen LogP contribution in [0.3, 0.4) is 0 Å². The highest BCUT2D eigenvalue weighted by molar-refractivity contribution is 7.89. The predicted octanol–water partition coefficient (Wildman–Crippen LogP) is 0.695. The molecular weight excluding hydrogens is 326 g/mol. The molecule has 1 fully saturated rings. The van der Waals surface area contributed by atoms with Gasteiger partial charge in [-0.15, -0.1) is 0 Å². The highest BCUT2D eigenvalue weighted by atomic mass is 35.5. The number of aryl methyl sites for hydroxylation is 1. The molecule has 0 bridgehead atoms. The molecule has 0 aromatic heterocycles. The van der Waals surface area contributed by atoms with Crippen molar-refractivity contribution in [1.82, 2.24) is 9.80 Å². The van der Waals surface area contributed by atoms with Gasteiger partial charge in [0.2, 0.25) is 10.0 Å². The minimum absolute atomic E-state index is 0.0648. The molecule has 0 aliphatic carbocycles. The Bertz CT molecular complexity index is 655. The summed E-state index contributed by atoms with van der Waals surface area (Å²) in [6, 6.07) is 5.41. The molecule has 2 N–H and O–H groups in total. The van der Waals surface area contributed by atoms with E-state index >= 15 is 0 Å². The molecule has 1 aromatic rings. The maximum Gasteiger partial charge on any atom is 0.255 e. The summed E-state index contributed by atoms with van der Waals surface area (Å²) in [6.07, 6.45) is 0. The largest absolute Gasteiger partial charge is 0.336 e. The highest BCUT2D eigenvalue weighted by Crippen LogP contribution is 2.22. The lowest BCUT2D eigenvalue weighted by Gasteiger charge is -2.34. The van der Waals surface area contributed by atoms with Gasteiger partial charge in [-0.05, 0) is 18.6 Å². The van der Waals surface area contributed by atoms with E-state index in [-0.39, 0.29) is 11.7 Å². The van der Waals surface area contributed by atoms with Crippen LogP contribution in [0.4, 0.5) is 0 Å². The quantitative estimate of drug-likeness (QED) is 0.870. The van der Waals surface area contributed by atoms with Crippen LogP contribution in [0.2, 0.25) is 5.02 Å². The summed E-state index contributed by atoms with van der Waals surface area (Å²) >= 11 is 6.20. The molecule has 1 aromatic carbocycles. The molecule has 1 aliphatic rings. The summed E-state index contributed by atoms with van der Waals surface area (Å²) in [5.41, 5.74) is 1.39. The van der Waals surface area contributed by atoms with Gasteiger partial charge in [-0.3, -0.25) is 9.69 Å². The number of hydrogen-bond donors (Lipinski definition) is 1. The number of rotatable bonds is 4. The molecule has 122 valence electrons. The van der Waals surface area contributed by atoms with E-state index in [4.69, 9.17) is 16.7 Å². The summed E-state index contributed by atoms with van der Waals surface area (Å²) in [7, 11) is -3.45. The number of hydrogen-bond acceptors (Lipinski definition) is 4. The molecule has 1 heterocycles. The monoisotopic (exact) mass is 345 g/mol. The Morgan fingerprint density at radius 2 is 1.91 bits per heavy atom. The second kappa shape index (κ2) is 6.95. The zero-order valence-corrected chi connectivity index (χ0v) is 14.0. The van der Waals surface area contributed by atoms with Crippen molar-refractivity contribution < 1.29 is 13.2 Å². The number of sulfonamides is 1. The van der Waals surface area contributed by atoms with Crippen molar-refractivity contribution in [2.24, 2.45) is 5.14 Å². The molecule has 1 saturated heterocycles. The normalized spacial score (nSPS) is 16.8. The Balaban J connectivity index is 1.94. The Hall–Kier alpha value is -1.15. The second-order valence-corrected chi connectivity index (χ2v) is 7.55. The van der Waals surface area contributed by atoms with Gasteiger partial charge in [0.05, 0.1) is 16.3 Å². The van der Waals surface area contributed by atoms with Gasteiger partial charge >= 0.3 is 0 Å². The summed E-state index contributed by atoms with van der Waals surface area (Å²) in [6.45, 7) is 4.62. The summed E-state index contributed by atoms with van der Waals surface area (Å²) in [5.74, 6) is -0.148. The second-order valence-electron chi connectivity index (χ2n) is 5.44.